The summed E-state index contributed by atoms with van der Waals surface area (Å²) in [5, 5.41) is 0.0163. The second-order valence-electron chi connectivity index (χ2n) is 8.18. The highest BCUT2D eigenvalue weighted by Gasteiger charge is 2.28. The molecule has 0 amide bonds. The quantitative estimate of drug-likeness (QED) is 0.591. The van der Waals surface area contributed by atoms with Crippen LogP contribution in [0, 0.1) is 5.92 Å². The number of piperazine rings is 1. The van der Waals surface area contributed by atoms with Gasteiger partial charge in [-0.25, -0.2) is 21.8 Å². The molecule has 0 saturated carbocycles. The zero-order chi connectivity index (χ0) is 22.6. The predicted octanol–water partition coefficient (Wildman–Crippen LogP) is 2.01. The standard InChI is InChI=1S/C21H30N4O4S2/c1-18(2)16-25(17-19-7-5-4-6-8-19)31(28,29)21-10-9-20(15-22-21)23-11-13-24(14-12-23)30(3,26)27/h4-10,15,18H,11-14,16-17H2,1-3H3. The topological polar surface area (TPSA) is 90.9 Å². The number of pyridine rings is 1. The first-order valence-corrected chi connectivity index (χ1v) is 13.6. The lowest BCUT2D eigenvalue weighted by molar-refractivity contribution is 0.360. The largest absolute Gasteiger partial charge is 0.368 e. The number of anilines is 1. The Labute approximate surface area is 185 Å². The number of rotatable bonds is 8. The van der Waals surface area contributed by atoms with Gasteiger partial charge in [0.25, 0.3) is 10.0 Å². The Morgan fingerprint density at radius 3 is 2.13 bits per heavy atom. The van der Waals surface area contributed by atoms with Crippen LogP contribution in [0.4, 0.5) is 5.69 Å². The van der Waals surface area contributed by atoms with Crippen molar-refractivity contribution in [2.75, 3.05) is 43.9 Å². The van der Waals surface area contributed by atoms with E-state index in [0.717, 1.165) is 11.3 Å². The van der Waals surface area contributed by atoms with E-state index in [1.54, 1.807) is 12.3 Å². The van der Waals surface area contributed by atoms with Gasteiger partial charge >= 0.3 is 0 Å². The summed E-state index contributed by atoms with van der Waals surface area (Å²) in [5.41, 5.74) is 1.71. The fourth-order valence-corrected chi connectivity index (χ4v) is 5.89. The number of hydrogen-bond acceptors (Lipinski definition) is 6. The third-order valence-electron chi connectivity index (χ3n) is 5.17. The van der Waals surface area contributed by atoms with Crippen molar-refractivity contribution in [3.63, 3.8) is 0 Å². The number of aromatic nitrogens is 1. The molecule has 2 heterocycles. The first kappa shape index (κ1) is 23.6. The Morgan fingerprint density at radius 1 is 0.968 bits per heavy atom. The highest BCUT2D eigenvalue weighted by atomic mass is 32.2. The molecule has 1 saturated heterocycles. The van der Waals surface area contributed by atoms with Gasteiger partial charge in [0.1, 0.15) is 0 Å². The van der Waals surface area contributed by atoms with E-state index in [4.69, 9.17) is 0 Å². The lowest BCUT2D eigenvalue weighted by atomic mass is 10.2. The van der Waals surface area contributed by atoms with Crippen LogP contribution in [-0.4, -0.2) is 69.4 Å². The molecule has 0 aliphatic carbocycles. The van der Waals surface area contributed by atoms with E-state index in [0.29, 0.717) is 32.7 Å². The minimum Gasteiger partial charge on any atom is -0.368 e. The maximum atomic E-state index is 13.3. The van der Waals surface area contributed by atoms with Crippen LogP contribution in [0.5, 0.6) is 0 Å². The second-order valence-corrected chi connectivity index (χ2v) is 12.0. The second kappa shape index (κ2) is 9.64. The zero-order valence-electron chi connectivity index (χ0n) is 18.2. The van der Waals surface area contributed by atoms with Gasteiger partial charge in [-0.3, -0.25) is 0 Å². The number of hydrogen-bond donors (Lipinski definition) is 0. The van der Waals surface area contributed by atoms with Gasteiger partial charge in [0.05, 0.1) is 18.1 Å². The van der Waals surface area contributed by atoms with Gasteiger partial charge in [-0.2, -0.15) is 8.61 Å². The van der Waals surface area contributed by atoms with Crippen LogP contribution in [0.25, 0.3) is 0 Å². The zero-order valence-corrected chi connectivity index (χ0v) is 19.8. The van der Waals surface area contributed by atoms with E-state index in [1.807, 2.05) is 49.1 Å². The lowest BCUT2D eigenvalue weighted by Crippen LogP contribution is -2.48. The van der Waals surface area contributed by atoms with Crippen molar-refractivity contribution in [2.45, 2.75) is 25.4 Å². The molecule has 2 aromatic rings. The summed E-state index contributed by atoms with van der Waals surface area (Å²) < 4.78 is 52.9. The Bertz CT molecular complexity index is 1060. The molecule has 31 heavy (non-hydrogen) atoms. The lowest BCUT2D eigenvalue weighted by Gasteiger charge is -2.34. The van der Waals surface area contributed by atoms with Crippen LogP contribution in [0.1, 0.15) is 19.4 Å². The first-order valence-electron chi connectivity index (χ1n) is 10.3. The van der Waals surface area contributed by atoms with Crippen molar-refractivity contribution < 1.29 is 16.8 Å². The van der Waals surface area contributed by atoms with E-state index in [9.17, 15) is 16.8 Å². The molecule has 0 bridgehead atoms. The van der Waals surface area contributed by atoms with E-state index < -0.39 is 20.0 Å². The third kappa shape index (κ3) is 6.03. The van der Waals surface area contributed by atoms with Gasteiger partial charge in [-0.1, -0.05) is 44.2 Å². The fourth-order valence-electron chi connectivity index (χ4n) is 3.56. The van der Waals surface area contributed by atoms with Gasteiger partial charge in [-0.05, 0) is 23.6 Å². The van der Waals surface area contributed by atoms with E-state index in [1.165, 1.54) is 20.9 Å². The molecule has 8 nitrogen and oxygen atoms in total. The Balaban J connectivity index is 1.76. The van der Waals surface area contributed by atoms with Crippen LogP contribution in [0.15, 0.2) is 53.7 Å². The van der Waals surface area contributed by atoms with Gasteiger partial charge in [0, 0.05) is 39.3 Å². The van der Waals surface area contributed by atoms with E-state index >= 15 is 0 Å². The molecule has 1 aliphatic rings. The monoisotopic (exact) mass is 466 g/mol. The molecule has 3 rings (SSSR count). The molecule has 10 heteroatoms. The van der Waals surface area contributed by atoms with Crippen LogP contribution in [-0.2, 0) is 26.6 Å². The first-order chi connectivity index (χ1) is 14.6. The van der Waals surface area contributed by atoms with Crippen molar-refractivity contribution in [1.82, 2.24) is 13.6 Å². The molecule has 1 aromatic carbocycles. The minimum absolute atomic E-state index is 0.0163. The molecule has 0 atom stereocenters. The summed E-state index contributed by atoms with van der Waals surface area (Å²) in [6.45, 7) is 6.53. The van der Waals surface area contributed by atoms with Crippen molar-refractivity contribution in [3.8, 4) is 0 Å². The molecule has 0 radical (unpaired) electrons. The maximum Gasteiger partial charge on any atom is 0.260 e. The molecule has 170 valence electrons. The minimum atomic E-state index is -3.75. The number of sulfonamides is 2. The van der Waals surface area contributed by atoms with Crippen LogP contribution >= 0.6 is 0 Å². The summed E-state index contributed by atoms with van der Waals surface area (Å²) in [4.78, 5) is 6.27. The van der Waals surface area contributed by atoms with Gasteiger partial charge < -0.3 is 4.90 Å². The van der Waals surface area contributed by atoms with Crippen LogP contribution < -0.4 is 4.90 Å². The molecule has 1 fully saturated rings. The Hall–Kier alpha value is -2.01. The highest BCUT2D eigenvalue weighted by molar-refractivity contribution is 7.89. The highest BCUT2D eigenvalue weighted by Crippen LogP contribution is 2.22. The molecular weight excluding hydrogens is 436 g/mol. The predicted molar refractivity (Wildman–Crippen MR) is 122 cm³/mol. The molecule has 1 aliphatic heterocycles. The van der Waals surface area contributed by atoms with Crippen molar-refractivity contribution in [2.24, 2.45) is 5.92 Å². The van der Waals surface area contributed by atoms with Gasteiger partial charge in [0.15, 0.2) is 5.03 Å². The summed E-state index contributed by atoms with van der Waals surface area (Å²) in [6.07, 6.45) is 2.77. The summed E-state index contributed by atoms with van der Waals surface area (Å²) in [5.74, 6) is 0.170. The average molecular weight is 467 g/mol. The Kier molecular flexibility index (Phi) is 7.35. The van der Waals surface area contributed by atoms with Gasteiger partial charge in [0.2, 0.25) is 10.0 Å². The molecule has 0 unspecified atom stereocenters. The summed E-state index contributed by atoms with van der Waals surface area (Å²) in [6, 6.07) is 12.8. The SMILES string of the molecule is CC(C)CN(Cc1ccccc1)S(=O)(=O)c1ccc(N2CCN(S(C)(=O)=O)CC2)cn1. The Morgan fingerprint density at radius 2 is 1.61 bits per heavy atom. The van der Waals surface area contributed by atoms with E-state index in [2.05, 4.69) is 4.98 Å². The van der Waals surface area contributed by atoms with Gasteiger partial charge in [-0.15, -0.1) is 0 Å². The summed E-state index contributed by atoms with van der Waals surface area (Å²) in [7, 11) is -6.95. The smallest absolute Gasteiger partial charge is 0.260 e. The average Bonchev–Trinajstić information content (AvgIpc) is 2.73. The van der Waals surface area contributed by atoms with Crippen molar-refractivity contribution >= 4 is 25.7 Å². The molecule has 1 aromatic heterocycles. The molecule has 0 spiro atoms. The van der Waals surface area contributed by atoms with Crippen LogP contribution in [0.2, 0.25) is 0 Å². The maximum absolute atomic E-state index is 13.3. The summed E-state index contributed by atoms with van der Waals surface area (Å²) >= 11 is 0. The van der Waals surface area contributed by atoms with Crippen LogP contribution in [0.3, 0.4) is 0 Å². The number of nitrogens with zero attached hydrogens (tertiary/aromatic N) is 4. The van der Waals surface area contributed by atoms with Crippen molar-refractivity contribution in [1.29, 1.82) is 0 Å². The molecular formula is C21H30N4O4S2. The molecule has 0 N–H and O–H groups in total. The van der Waals surface area contributed by atoms with Crippen molar-refractivity contribution in [3.05, 3.63) is 54.2 Å². The fraction of sp³-hybridized carbons (Fsp3) is 0.476. The third-order valence-corrected chi connectivity index (χ3v) is 8.20. The normalized spacial score (nSPS) is 16.2. The van der Waals surface area contributed by atoms with E-state index in [-0.39, 0.29) is 17.5 Å². The number of benzene rings is 1.